The van der Waals surface area contributed by atoms with Gasteiger partial charge in [0.25, 0.3) is 5.91 Å². The number of allylic oxidation sites excluding steroid dienone is 1. The molecule has 5 bridgehead atoms. The third-order valence-electron chi connectivity index (χ3n) is 10.8. The number of aromatic nitrogens is 2. The third-order valence-corrected chi connectivity index (χ3v) is 12.6. The molecule has 5 atom stereocenters. The Morgan fingerprint density at radius 2 is 1.79 bits per heavy atom. The summed E-state index contributed by atoms with van der Waals surface area (Å²) in [5.74, 6) is -4.44. The van der Waals surface area contributed by atoms with Crippen molar-refractivity contribution in [3.8, 4) is 17.1 Å². The van der Waals surface area contributed by atoms with Crippen molar-refractivity contribution in [2.75, 3.05) is 13.2 Å². The summed E-state index contributed by atoms with van der Waals surface area (Å²) in [5, 5.41) is 4.28. The lowest BCUT2D eigenvalue weighted by molar-refractivity contribution is -0.143. The number of halogens is 2. The van der Waals surface area contributed by atoms with Gasteiger partial charge in [-0.2, -0.15) is 0 Å². The van der Waals surface area contributed by atoms with E-state index in [2.05, 4.69) is 10.6 Å². The summed E-state index contributed by atoms with van der Waals surface area (Å²) < 4.78 is 67.6. The van der Waals surface area contributed by atoms with Crippen molar-refractivity contribution in [2.45, 2.75) is 101 Å². The van der Waals surface area contributed by atoms with Crippen LogP contribution in [-0.4, -0.2) is 95.7 Å². The van der Waals surface area contributed by atoms with E-state index < -0.39 is 87.0 Å². The Balaban J connectivity index is 1.26. The number of rotatable bonds is 7. The molecule has 4 aliphatic rings. The highest BCUT2D eigenvalue weighted by atomic mass is 32.2. The van der Waals surface area contributed by atoms with Gasteiger partial charge in [0.1, 0.15) is 29.4 Å². The second-order valence-electron chi connectivity index (χ2n) is 16.2. The zero-order chi connectivity index (χ0) is 40.7. The summed E-state index contributed by atoms with van der Waals surface area (Å²) >= 11 is 0. The van der Waals surface area contributed by atoms with Crippen molar-refractivity contribution in [1.82, 2.24) is 30.2 Å². The number of amides is 4. The molecule has 304 valence electrons. The Morgan fingerprint density at radius 1 is 1.04 bits per heavy atom. The standard InChI is InChI=1S/C40H46F2N6O8S/c1-39(2,3)32-36(50)48-22-25(20-30(48)34(49)46-40(21-27(40)33(41)42)37(51)47-57(53,54)26-15-16-26)56-35-31(24-12-8-6-9-13-24)43-28-17-14-23(19-29(28)44-35)11-7-4-5-10-18-55-38(52)45-32/h6-9,11-14,17,19,25-27,30,32-33H,4-5,10,15-16,18,20-22H2,1-3H3,(H,45,52)(H,46,49)(H,47,51)/b11-7+/t25-,27+,30+,32-,40+/m1/s1. The fourth-order valence-corrected chi connectivity index (χ4v) is 8.68. The first-order chi connectivity index (χ1) is 27.1. The van der Waals surface area contributed by atoms with Crippen LogP contribution in [0.2, 0.25) is 0 Å². The lowest BCUT2D eigenvalue weighted by atomic mass is 9.85. The van der Waals surface area contributed by atoms with Crippen LogP contribution in [0.25, 0.3) is 28.4 Å². The first kappa shape index (κ1) is 40.0. The van der Waals surface area contributed by atoms with Crippen molar-refractivity contribution in [3.05, 3.63) is 60.2 Å². The number of hydrogen-bond acceptors (Lipinski definition) is 10. The molecule has 0 unspecified atom stereocenters. The van der Waals surface area contributed by atoms with Crippen LogP contribution in [0, 0.1) is 11.3 Å². The van der Waals surface area contributed by atoms with E-state index in [0.717, 1.165) is 18.4 Å². The molecule has 1 saturated heterocycles. The van der Waals surface area contributed by atoms with Crippen LogP contribution in [0.4, 0.5) is 13.6 Å². The topological polar surface area (TPSA) is 186 Å². The number of carbonyl (C=O) groups is 4. The van der Waals surface area contributed by atoms with Crippen molar-refractivity contribution < 1.29 is 45.9 Å². The summed E-state index contributed by atoms with van der Waals surface area (Å²) in [4.78, 5) is 66.4. The normalized spacial score (nSPS) is 26.4. The molecule has 14 nitrogen and oxygen atoms in total. The summed E-state index contributed by atoms with van der Waals surface area (Å²) in [5.41, 5.74) is -0.0353. The quantitative estimate of drug-likeness (QED) is 0.302. The molecule has 57 heavy (non-hydrogen) atoms. The van der Waals surface area contributed by atoms with Crippen LogP contribution in [0.5, 0.6) is 5.88 Å². The van der Waals surface area contributed by atoms with Crippen molar-refractivity contribution in [3.63, 3.8) is 0 Å². The largest absolute Gasteiger partial charge is 0.471 e. The molecular weight excluding hydrogens is 763 g/mol. The Kier molecular flexibility index (Phi) is 11.0. The van der Waals surface area contributed by atoms with Crippen LogP contribution >= 0.6 is 0 Å². The number of sulfonamides is 1. The highest BCUT2D eigenvalue weighted by Crippen LogP contribution is 2.48. The minimum absolute atomic E-state index is 0.0966. The first-order valence-corrected chi connectivity index (χ1v) is 20.7. The summed E-state index contributed by atoms with van der Waals surface area (Å²) in [6, 6.07) is 12.2. The minimum atomic E-state index is -4.14. The fraction of sp³-hybridized carbons (Fsp3) is 0.500. The maximum Gasteiger partial charge on any atom is 0.407 e. The molecule has 3 N–H and O–H groups in total. The summed E-state index contributed by atoms with van der Waals surface area (Å²) in [7, 11) is -4.14. The lowest BCUT2D eigenvalue weighted by Crippen LogP contribution is -2.60. The van der Waals surface area contributed by atoms with Gasteiger partial charge in [-0.1, -0.05) is 69.3 Å². The SMILES string of the molecule is CC(C)(C)[C@@H]1NC(=O)OCCCC/C=C/c2ccc3nc(-c4ccccc4)c(nc3c2)O[C@@H]2C[C@@H](C(=O)N[C@@]3(C(=O)NS(=O)(=O)C4CC4)C[C@H]3C(F)F)N(C2)C1=O. The number of carbonyl (C=O) groups excluding carboxylic acids is 4. The molecule has 3 heterocycles. The second-order valence-corrected chi connectivity index (χ2v) is 18.2. The van der Waals surface area contributed by atoms with E-state index >= 15 is 0 Å². The average Bonchev–Trinajstić information content (AvgIpc) is 4.09. The van der Waals surface area contributed by atoms with E-state index in [0.29, 0.717) is 41.6 Å². The second kappa shape index (κ2) is 15.6. The highest BCUT2D eigenvalue weighted by molar-refractivity contribution is 7.91. The summed E-state index contributed by atoms with van der Waals surface area (Å²) in [6.45, 7) is 5.07. The molecule has 3 aromatic rings. The van der Waals surface area contributed by atoms with Crippen LogP contribution in [0.15, 0.2) is 54.6 Å². The van der Waals surface area contributed by atoms with Crippen molar-refractivity contribution in [2.24, 2.45) is 11.3 Å². The molecule has 0 radical (unpaired) electrons. The van der Waals surface area contributed by atoms with Gasteiger partial charge in [0.2, 0.25) is 34.1 Å². The van der Waals surface area contributed by atoms with Gasteiger partial charge < -0.3 is 25.0 Å². The number of cyclic esters (lactones) is 1. The van der Waals surface area contributed by atoms with Gasteiger partial charge in [0.15, 0.2) is 0 Å². The predicted molar refractivity (Wildman–Crippen MR) is 205 cm³/mol. The molecule has 2 aliphatic carbocycles. The van der Waals surface area contributed by atoms with Gasteiger partial charge in [-0.3, -0.25) is 19.1 Å². The Labute approximate surface area is 329 Å². The summed E-state index contributed by atoms with van der Waals surface area (Å²) in [6.07, 6.45) is 1.14. The van der Waals surface area contributed by atoms with Gasteiger partial charge in [-0.25, -0.2) is 32.0 Å². The van der Waals surface area contributed by atoms with E-state index in [1.165, 1.54) is 4.90 Å². The van der Waals surface area contributed by atoms with Gasteiger partial charge in [-0.05, 0) is 61.6 Å². The van der Waals surface area contributed by atoms with Crippen LogP contribution in [-0.2, 0) is 29.1 Å². The Morgan fingerprint density at radius 3 is 2.47 bits per heavy atom. The fourth-order valence-electron chi connectivity index (χ4n) is 7.32. The number of alkyl halides is 2. The zero-order valence-electron chi connectivity index (χ0n) is 31.9. The number of fused-ring (bicyclic) bond motifs is 4. The number of benzene rings is 2. The minimum Gasteiger partial charge on any atom is -0.471 e. The maximum absolute atomic E-state index is 14.6. The maximum atomic E-state index is 14.6. The van der Waals surface area contributed by atoms with Gasteiger partial charge >= 0.3 is 6.09 Å². The van der Waals surface area contributed by atoms with Crippen LogP contribution in [0.1, 0.15) is 71.3 Å². The van der Waals surface area contributed by atoms with Gasteiger partial charge in [-0.15, -0.1) is 0 Å². The Hall–Kier alpha value is -5.19. The smallest absolute Gasteiger partial charge is 0.407 e. The number of hydrogen-bond donors (Lipinski definition) is 3. The first-order valence-electron chi connectivity index (χ1n) is 19.2. The number of alkyl carbamates (subject to hydrolysis) is 1. The van der Waals surface area contributed by atoms with Gasteiger partial charge in [0.05, 0.1) is 35.4 Å². The molecular formula is C40H46F2N6O8S. The van der Waals surface area contributed by atoms with E-state index in [1.54, 1.807) is 20.8 Å². The molecule has 17 heteroatoms. The van der Waals surface area contributed by atoms with E-state index in [4.69, 9.17) is 19.4 Å². The van der Waals surface area contributed by atoms with Crippen LogP contribution in [0.3, 0.4) is 0 Å². The molecule has 1 aromatic heterocycles. The molecule has 3 fully saturated rings. The molecule has 2 aromatic carbocycles. The zero-order valence-corrected chi connectivity index (χ0v) is 32.7. The van der Waals surface area contributed by atoms with Crippen molar-refractivity contribution >= 4 is 50.9 Å². The number of nitrogens with one attached hydrogen (secondary N) is 3. The average molecular weight is 809 g/mol. The predicted octanol–water partition coefficient (Wildman–Crippen LogP) is 4.73. The molecule has 2 aliphatic heterocycles. The lowest BCUT2D eigenvalue weighted by Gasteiger charge is -2.35. The Bertz CT molecular complexity index is 2200. The van der Waals surface area contributed by atoms with Crippen molar-refractivity contribution in [1.29, 1.82) is 0 Å². The molecule has 4 amide bonds. The van der Waals surface area contributed by atoms with E-state index in [9.17, 15) is 36.4 Å². The molecule has 0 spiro atoms. The number of ether oxygens (including phenoxy) is 2. The highest BCUT2D eigenvalue weighted by Gasteiger charge is 2.67. The van der Waals surface area contributed by atoms with Crippen LogP contribution < -0.4 is 20.1 Å². The van der Waals surface area contributed by atoms with E-state index in [-0.39, 0.29) is 25.5 Å². The third kappa shape index (κ3) is 8.72. The molecule has 7 rings (SSSR count). The van der Waals surface area contributed by atoms with E-state index in [1.807, 2.05) is 65.4 Å². The van der Waals surface area contributed by atoms with Gasteiger partial charge in [0, 0.05) is 12.0 Å². The monoisotopic (exact) mass is 808 g/mol. The number of nitrogens with zero attached hydrogens (tertiary/aromatic N) is 3. The molecule has 2 saturated carbocycles.